The second-order valence-electron chi connectivity index (χ2n) is 5.13. The number of carbonyl (C=O) groups is 1. The normalized spacial score (nSPS) is 10.8. The van der Waals surface area contributed by atoms with Gasteiger partial charge in [-0.2, -0.15) is 0 Å². The molecular formula is C17H13ClFN3O2. The highest BCUT2D eigenvalue weighted by atomic mass is 35.5. The zero-order chi connectivity index (χ0) is 17.3. The Morgan fingerprint density at radius 2 is 1.96 bits per heavy atom. The first-order valence-corrected chi connectivity index (χ1v) is 7.51. The van der Waals surface area contributed by atoms with E-state index in [4.69, 9.17) is 11.6 Å². The van der Waals surface area contributed by atoms with Crippen molar-refractivity contribution in [3.8, 4) is 5.69 Å². The molecule has 1 N–H and O–H groups in total. The van der Waals surface area contributed by atoms with Crippen molar-refractivity contribution in [1.82, 2.24) is 14.8 Å². The Labute approximate surface area is 142 Å². The monoisotopic (exact) mass is 345 g/mol. The van der Waals surface area contributed by atoms with Gasteiger partial charge in [-0.3, -0.25) is 9.36 Å². The van der Waals surface area contributed by atoms with E-state index in [0.29, 0.717) is 11.5 Å². The molecule has 0 amide bonds. The predicted octanol–water partition coefficient (Wildman–Crippen LogP) is 3.09. The maximum atomic E-state index is 13.8. The summed E-state index contributed by atoms with van der Waals surface area (Å²) in [4.78, 5) is 12.9. The Morgan fingerprint density at radius 1 is 1.21 bits per heavy atom. The number of aromatic nitrogens is 3. The van der Waals surface area contributed by atoms with Crippen LogP contribution in [0, 0.1) is 12.7 Å². The fourth-order valence-electron chi connectivity index (χ4n) is 2.50. The number of ketones is 1. The lowest BCUT2D eigenvalue weighted by Crippen LogP contribution is -2.12. The molecule has 0 atom stereocenters. The van der Waals surface area contributed by atoms with Crippen LogP contribution in [0.1, 0.15) is 27.6 Å². The molecule has 2 aromatic carbocycles. The number of halogens is 2. The molecule has 0 saturated heterocycles. The van der Waals surface area contributed by atoms with E-state index in [1.165, 1.54) is 16.7 Å². The van der Waals surface area contributed by atoms with Crippen LogP contribution in [0.25, 0.3) is 5.69 Å². The number of aliphatic hydroxyl groups excluding tert-OH is 1. The van der Waals surface area contributed by atoms with E-state index in [1.54, 1.807) is 31.2 Å². The van der Waals surface area contributed by atoms with Crippen LogP contribution < -0.4 is 0 Å². The molecule has 24 heavy (non-hydrogen) atoms. The van der Waals surface area contributed by atoms with E-state index in [2.05, 4.69) is 10.2 Å². The molecule has 1 aromatic heterocycles. The first-order chi connectivity index (χ1) is 11.5. The van der Waals surface area contributed by atoms with Crippen molar-refractivity contribution in [2.45, 2.75) is 13.5 Å². The van der Waals surface area contributed by atoms with Gasteiger partial charge in [-0.1, -0.05) is 23.7 Å². The third kappa shape index (κ3) is 2.81. The lowest BCUT2D eigenvalue weighted by molar-refractivity contribution is 0.103. The molecule has 0 aliphatic carbocycles. The van der Waals surface area contributed by atoms with Crippen LogP contribution in [0.15, 0.2) is 42.5 Å². The summed E-state index contributed by atoms with van der Waals surface area (Å²) in [6.07, 6.45) is 0. The highest BCUT2D eigenvalue weighted by Crippen LogP contribution is 2.25. The summed E-state index contributed by atoms with van der Waals surface area (Å²) in [6, 6.07) is 10.4. The van der Waals surface area contributed by atoms with Gasteiger partial charge < -0.3 is 5.11 Å². The molecule has 5 nitrogen and oxygen atoms in total. The number of hydrogen-bond acceptors (Lipinski definition) is 4. The summed E-state index contributed by atoms with van der Waals surface area (Å²) < 4.78 is 15.3. The molecular weight excluding hydrogens is 333 g/mol. The standard InChI is InChI=1S/C17H13ClFN3O2/c1-10-20-21-16(9-23)22(10)15-7-6-11(19)8-13(15)17(24)12-4-2-3-5-14(12)18/h2-8,23H,9H2,1H3. The summed E-state index contributed by atoms with van der Waals surface area (Å²) in [5.74, 6) is -0.247. The van der Waals surface area contributed by atoms with Crippen molar-refractivity contribution in [3.63, 3.8) is 0 Å². The van der Waals surface area contributed by atoms with Gasteiger partial charge in [0.25, 0.3) is 0 Å². The third-order valence-electron chi connectivity index (χ3n) is 3.60. The average Bonchev–Trinajstić information content (AvgIpc) is 2.95. The number of carbonyl (C=O) groups excluding carboxylic acids is 1. The third-order valence-corrected chi connectivity index (χ3v) is 3.93. The van der Waals surface area contributed by atoms with Crippen LogP contribution in [0.2, 0.25) is 5.02 Å². The zero-order valence-corrected chi connectivity index (χ0v) is 13.5. The fraction of sp³-hybridized carbons (Fsp3) is 0.118. The average molecular weight is 346 g/mol. The second kappa shape index (κ2) is 6.51. The Balaban J connectivity index is 2.22. The van der Waals surface area contributed by atoms with Gasteiger partial charge in [0, 0.05) is 11.1 Å². The summed E-state index contributed by atoms with van der Waals surface area (Å²) in [5, 5.41) is 17.5. The van der Waals surface area contributed by atoms with Crippen LogP contribution in [0.5, 0.6) is 0 Å². The Hall–Kier alpha value is -2.57. The van der Waals surface area contributed by atoms with Crippen molar-refractivity contribution < 1.29 is 14.3 Å². The number of aryl methyl sites for hydroxylation is 1. The molecule has 3 rings (SSSR count). The molecule has 0 fully saturated rings. The van der Waals surface area contributed by atoms with Gasteiger partial charge >= 0.3 is 0 Å². The quantitative estimate of drug-likeness (QED) is 0.738. The zero-order valence-electron chi connectivity index (χ0n) is 12.7. The number of benzene rings is 2. The maximum absolute atomic E-state index is 13.8. The summed E-state index contributed by atoms with van der Waals surface area (Å²) in [7, 11) is 0. The predicted molar refractivity (Wildman–Crippen MR) is 86.9 cm³/mol. The summed E-state index contributed by atoms with van der Waals surface area (Å²) in [6.45, 7) is 1.32. The minimum atomic E-state index is -0.551. The Kier molecular flexibility index (Phi) is 4.42. The van der Waals surface area contributed by atoms with Crippen LogP contribution in [0.4, 0.5) is 4.39 Å². The van der Waals surface area contributed by atoms with Crippen molar-refractivity contribution >= 4 is 17.4 Å². The van der Waals surface area contributed by atoms with E-state index in [9.17, 15) is 14.3 Å². The number of hydrogen-bond donors (Lipinski definition) is 1. The van der Waals surface area contributed by atoms with E-state index in [0.717, 1.165) is 6.07 Å². The minimum absolute atomic E-state index is 0.112. The molecule has 0 saturated carbocycles. The first-order valence-electron chi connectivity index (χ1n) is 7.14. The second-order valence-corrected chi connectivity index (χ2v) is 5.53. The number of aliphatic hydroxyl groups is 1. The van der Waals surface area contributed by atoms with Crippen molar-refractivity contribution in [2.24, 2.45) is 0 Å². The molecule has 122 valence electrons. The summed E-state index contributed by atoms with van der Waals surface area (Å²) in [5.41, 5.74) is 0.760. The molecule has 0 spiro atoms. The molecule has 0 unspecified atom stereocenters. The topological polar surface area (TPSA) is 68.0 Å². The smallest absolute Gasteiger partial charge is 0.196 e. The van der Waals surface area contributed by atoms with E-state index < -0.39 is 11.6 Å². The highest BCUT2D eigenvalue weighted by molar-refractivity contribution is 6.35. The fourth-order valence-corrected chi connectivity index (χ4v) is 2.72. The molecule has 0 bridgehead atoms. The van der Waals surface area contributed by atoms with Gasteiger partial charge in [0.15, 0.2) is 11.6 Å². The van der Waals surface area contributed by atoms with E-state index >= 15 is 0 Å². The van der Waals surface area contributed by atoms with Crippen molar-refractivity contribution in [1.29, 1.82) is 0 Å². The minimum Gasteiger partial charge on any atom is -0.388 e. The number of rotatable bonds is 4. The Morgan fingerprint density at radius 3 is 2.67 bits per heavy atom. The Bertz CT molecular complexity index is 924. The van der Waals surface area contributed by atoms with Gasteiger partial charge in [0.05, 0.1) is 10.7 Å². The van der Waals surface area contributed by atoms with Gasteiger partial charge in [-0.25, -0.2) is 4.39 Å². The summed E-state index contributed by atoms with van der Waals surface area (Å²) >= 11 is 6.09. The van der Waals surface area contributed by atoms with Gasteiger partial charge in [0.2, 0.25) is 0 Å². The molecule has 3 aromatic rings. The molecule has 0 aliphatic heterocycles. The highest BCUT2D eigenvalue weighted by Gasteiger charge is 2.21. The van der Waals surface area contributed by atoms with E-state index in [-0.39, 0.29) is 28.6 Å². The lowest BCUT2D eigenvalue weighted by Gasteiger charge is -2.13. The number of nitrogens with zero attached hydrogens (tertiary/aromatic N) is 3. The first kappa shape index (κ1) is 16.3. The molecule has 1 heterocycles. The molecule has 0 radical (unpaired) electrons. The van der Waals surface area contributed by atoms with Crippen LogP contribution >= 0.6 is 11.6 Å². The molecule has 7 heteroatoms. The van der Waals surface area contributed by atoms with Crippen LogP contribution in [0.3, 0.4) is 0 Å². The lowest BCUT2D eigenvalue weighted by atomic mass is 10.0. The SMILES string of the molecule is Cc1nnc(CO)n1-c1ccc(F)cc1C(=O)c1ccccc1Cl. The molecule has 0 aliphatic rings. The van der Waals surface area contributed by atoms with Crippen molar-refractivity contribution in [3.05, 3.63) is 76.1 Å². The van der Waals surface area contributed by atoms with Gasteiger partial charge in [-0.05, 0) is 37.3 Å². The van der Waals surface area contributed by atoms with Crippen molar-refractivity contribution in [2.75, 3.05) is 0 Å². The van der Waals surface area contributed by atoms with Gasteiger partial charge in [-0.15, -0.1) is 10.2 Å². The maximum Gasteiger partial charge on any atom is 0.196 e. The van der Waals surface area contributed by atoms with Crippen LogP contribution in [-0.2, 0) is 6.61 Å². The van der Waals surface area contributed by atoms with Gasteiger partial charge in [0.1, 0.15) is 18.2 Å². The largest absolute Gasteiger partial charge is 0.388 e. The van der Waals surface area contributed by atoms with E-state index in [1.807, 2.05) is 0 Å². The van der Waals surface area contributed by atoms with Crippen LogP contribution in [-0.4, -0.2) is 25.7 Å².